The molecule has 4 nitrogen and oxygen atoms in total. The summed E-state index contributed by atoms with van der Waals surface area (Å²) in [6.45, 7) is -0.405. The lowest BCUT2D eigenvalue weighted by molar-refractivity contribution is -0.138. The largest absolute Gasteiger partial charge is 0.418 e. The van der Waals surface area contributed by atoms with Crippen LogP contribution < -0.4 is 4.90 Å². The number of rotatable bonds is 2. The third kappa shape index (κ3) is 2.24. The molecule has 22 heavy (non-hydrogen) atoms. The van der Waals surface area contributed by atoms with E-state index in [1.165, 1.54) is 24.4 Å². The first kappa shape index (κ1) is 14.2. The molecule has 3 rings (SSSR count). The van der Waals surface area contributed by atoms with Gasteiger partial charge < -0.3 is 0 Å². The standard InChI is InChI=1S/C15H9F3N2O2/c16-15(17,18)10-5-3-7-19-11(10)8-20-12-6-2-1-4-9(12)13(21)14(20)22/h1-7H,8H2. The van der Waals surface area contributed by atoms with Gasteiger partial charge in [-0.3, -0.25) is 19.5 Å². The predicted molar refractivity (Wildman–Crippen MR) is 71.2 cm³/mol. The number of aromatic nitrogens is 1. The number of benzene rings is 1. The van der Waals surface area contributed by atoms with Gasteiger partial charge in [-0.15, -0.1) is 0 Å². The molecule has 7 heteroatoms. The third-order valence-electron chi connectivity index (χ3n) is 3.38. The van der Waals surface area contributed by atoms with Crippen molar-refractivity contribution in [2.24, 2.45) is 0 Å². The number of carbonyl (C=O) groups excluding carboxylic acids is 2. The molecule has 112 valence electrons. The molecule has 1 amide bonds. The zero-order valence-corrected chi connectivity index (χ0v) is 11.1. The van der Waals surface area contributed by atoms with Crippen LogP contribution in [0.5, 0.6) is 0 Å². The van der Waals surface area contributed by atoms with E-state index in [2.05, 4.69) is 4.98 Å². The smallest absolute Gasteiger partial charge is 0.299 e. The van der Waals surface area contributed by atoms with Crippen molar-refractivity contribution in [3.05, 3.63) is 59.4 Å². The van der Waals surface area contributed by atoms with E-state index in [1.54, 1.807) is 12.1 Å². The summed E-state index contributed by atoms with van der Waals surface area (Å²) in [7, 11) is 0. The summed E-state index contributed by atoms with van der Waals surface area (Å²) in [5.74, 6) is -1.57. The molecule has 0 fully saturated rings. The van der Waals surface area contributed by atoms with Crippen molar-refractivity contribution in [2.45, 2.75) is 12.7 Å². The second-order valence-corrected chi connectivity index (χ2v) is 4.73. The van der Waals surface area contributed by atoms with Crippen LogP contribution in [-0.2, 0) is 17.5 Å². The molecule has 0 aliphatic carbocycles. The number of fused-ring (bicyclic) bond motifs is 1. The topological polar surface area (TPSA) is 50.3 Å². The van der Waals surface area contributed by atoms with Crippen molar-refractivity contribution in [2.75, 3.05) is 4.90 Å². The molecular formula is C15H9F3N2O2. The van der Waals surface area contributed by atoms with Crippen LogP contribution >= 0.6 is 0 Å². The maximum atomic E-state index is 13.0. The number of Topliss-reactive ketones (excluding diaryl/α,β-unsaturated/α-hetero) is 1. The van der Waals surface area contributed by atoms with Gasteiger partial charge in [0.15, 0.2) is 0 Å². The van der Waals surface area contributed by atoms with Crippen LogP contribution in [0.15, 0.2) is 42.6 Å². The van der Waals surface area contributed by atoms with Crippen LogP contribution in [0.25, 0.3) is 0 Å². The van der Waals surface area contributed by atoms with Crippen molar-refractivity contribution in [1.82, 2.24) is 4.98 Å². The molecule has 2 heterocycles. The van der Waals surface area contributed by atoms with Crippen LogP contribution in [0.2, 0.25) is 0 Å². The first-order valence-electron chi connectivity index (χ1n) is 6.36. The van der Waals surface area contributed by atoms with E-state index in [1.807, 2.05) is 0 Å². The van der Waals surface area contributed by atoms with E-state index in [0.717, 1.165) is 11.0 Å². The molecule has 0 unspecified atom stereocenters. The summed E-state index contributed by atoms with van der Waals surface area (Å²) in [6.07, 6.45) is -3.35. The first-order valence-corrected chi connectivity index (χ1v) is 6.36. The van der Waals surface area contributed by atoms with Crippen molar-refractivity contribution in [1.29, 1.82) is 0 Å². The average Bonchev–Trinajstić information content (AvgIpc) is 2.72. The second-order valence-electron chi connectivity index (χ2n) is 4.73. The molecule has 1 aromatic carbocycles. The highest BCUT2D eigenvalue weighted by molar-refractivity contribution is 6.52. The van der Waals surface area contributed by atoms with Gasteiger partial charge in [-0.2, -0.15) is 13.2 Å². The van der Waals surface area contributed by atoms with Gasteiger partial charge in [0.2, 0.25) is 0 Å². The number of para-hydroxylation sites is 1. The second kappa shape index (κ2) is 4.94. The average molecular weight is 306 g/mol. The number of hydrogen-bond acceptors (Lipinski definition) is 3. The molecule has 0 saturated carbocycles. The lowest BCUT2D eigenvalue weighted by Crippen LogP contribution is -2.30. The van der Waals surface area contributed by atoms with Gasteiger partial charge in [0, 0.05) is 6.20 Å². The molecule has 0 N–H and O–H groups in total. The number of amides is 1. The monoisotopic (exact) mass is 306 g/mol. The van der Waals surface area contributed by atoms with Crippen LogP contribution in [-0.4, -0.2) is 16.7 Å². The van der Waals surface area contributed by atoms with Gasteiger partial charge in [-0.05, 0) is 24.3 Å². The van der Waals surface area contributed by atoms with Gasteiger partial charge in [0.1, 0.15) is 0 Å². The number of ketones is 1. The molecular weight excluding hydrogens is 297 g/mol. The van der Waals surface area contributed by atoms with Crippen molar-refractivity contribution in [3.8, 4) is 0 Å². The van der Waals surface area contributed by atoms with Crippen LogP contribution in [0.4, 0.5) is 18.9 Å². The summed E-state index contributed by atoms with van der Waals surface area (Å²) in [5.41, 5.74) is -0.722. The molecule has 0 spiro atoms. The molecule has 1 aliphatic rings. The molecule has 1 aromatic heterocycles. The minimum absolute atomic E-state index is 0.192. The van der Waals surface area contributed by atoms with E-state index < -0.39 is 30.0 Å². The van der Waals surface area contributed by atoms with Crippen molar-refractivity contribution >= 4 is 17.4 Å². The van der Waals surface area contributed by atoms with Gasteiger partial charge in [0.25, 0.3) is 11.7 Å². The van der Waals surface area contributed by atoms with Crippen LogP contribution in [0.1, 0.15) is 21.6 Å². The van der Waals surface area contributed by atoms with Gasteiger partial charge >= 0.3 is 6.18 Å². The maximum absolute atomic E-state index is 13.0. The number of hydrogen-bond donors (Lipinski definition) is 0. The van der Waals surface area contributed by atoms with Gasteiger partial charge in [0.05, 0.1) is 29.1 Å². The number of halogens is 3. The zero-order valence-electron chi connectivity index (χ0n) is 11.1. The SMILES string of the molecule is O=C1C(=O)N(Cc2ncccc2C(F)(F)F)c2ccccc21. The Morgan fingerprint density at radius 1 is 1.05 bits per heavy atom. The van der Waals surface area contributed by atoms with E-state index >= 15 is 0 Å². The minimum Gasteiger partial charge on any atom is -0.299 e. The maximum Gasteiger partial charge on any atom is 0.418 e. The Morgan fingerprint density at radius 2 is 1.77 bits per heavy atom. The normalized spacial score (nSPS) is 14.4. The molecule has 0 saturated heterocycles. The number of anilines is 1. The fraction of sp³-hybridized carbons (Fsp3) is 0.133. The molecule has 0 radical (unpaired) electrons. The summed E-state index contributed by atoms with van der Waals surface area (Å²) in [6, 6.07) is 8.27. The quantitative estimate of drug-likeness (QED) is 0.802. The Hall–Kier alpha value is -2.70. The molecule has 1 aliphatic heterocycles. The Kier molecular flexibility index (Phi) is 3.20. The lowest BCUT2D eigenvalue weighted by Gasteiger charge is -2.18. The zero-order chi connectivity index (χ0) is 15.9. The van der Waals surface area contributed by atoms with E-state index in [9.17, 15) is 22.8 Å². The van der Waals surface area contributed by atoms with Gasteiger partial charge in [-0.25, -0.2) is 0 Å². The highest BCUT2D eigenvalue weighted by Gasteiger charge is 2.39. The van der Waals surface area contributed by atoms with Crippen molar-refractivity contribution in [3.63, 3.8) is 0 Å². The Labute approximate surface area is 123 Å². The first-order chi connectivity index (χ1) is 10.4. The Balaban J connectivity index is 2.02. The Morgan fingerprint density at radius 3 is 2.50 bits per heavy atom. The van der Waals surface area contributed by atoms with Crippen LogP contribution in [0, 0.1) is 0 Å². The molecule has 0 atom stereocenters. The summed E-state index contributed by atoms with van der Waals surface area (Å²) >= 11 is 0. The molecule has 0 bridgehead atoms. The highest BCUT2D eigenvalue weighted by atomic mass is 19.4. The van der Waals surface area contributed by atoms with E-state index in [4.69, 9.17) is 0 Å². The Bertz CT molecular complexity index is 771. The van der Waals surface area contributed by atoms with E-state index in [0.29, 0.717) is 5.69 Å². The van der Waals surface area contributed by atoms with Gasteiger partial charge in [-0.1, -0.05) is 12.1 Å². The summed E-state index contributed by atoms with van der Waals surface area (Å²) in [5, 5.41) is 0. The minimum atomic E-state index is -4.57. The van der Waals surface area contributed by atoms with E-state index in [-0.39, 0.29) is 11.3 Å². The number of nitrogens with zero attached hydrogens (tertiary/aromatic N) is 2. The fourth-order valence-corrected chi connectivity index (χ4v) is 2.38. The highest BCUT2D eigenvalue weighted by Crippen LogP contribution is 2.34. The predicted octanol–water partition coefficient (Wildman–Crippen LogP) is 2.83. The molecule has 2 aromatic rings. The van der Waals surface area contributed by atoms with Crippen LogP contribution in [0.3, 0.4) is 0 Å². The number of pyridine rings is 1. The fourth-order valence-electron chi connectivity index (χ4n) is 2.38. The van der Waals surface area contributed by atoms with Crippen molar-refractivity contribution < 1.29 is 22.8 Å². The number of carbonyl (C=O) groups is 2. The third-order valence-corrected chi connectivity index (χ3v) is 3.38. The lowest BCUT2D eigenvalue weighted by atomic mass is 10.1. The number of alkyl halides is 3. The summed E-state index contributed by atoms with van der Waals surface area (Å²) in [4.78, 5) is 28.6. The summed E-state index contributed by atoms with van der Waals surface area (Å²) < 4.78 is 38.9.